The third-order valence-electron chi connectivity index (χ3n) is 3.95. The number of rotatable bonds is 6. The predicted octanol–water partition coefficient (Wildman–Crippen LogP) is 3.15. The lowest BCUT2D eigenvalue weighted by Gasteiger charge is -2.39. The van der Waals surface area contributed by atoms with Gasteiger partial charge in [-0.25, -0.2) is 0 Å². The van der Waals surface area contributed by atoms with E-state index in [0.717, 1.165) is 32.1 Å². The first-order valence-electron chi connectivity index (χ1n) is 6.52. The van der Waals surface area contributed by atoms with Gasteiger partial charge >= 0.3 is 0 Å². The van der Waals surface area contributed by atoms with Gasteiger partial charge in [-0.2, -0.15) is 5.26 Å². The second-order valence-electron chi connectivity index (χ2n) is 5.91. The summed E-state index contributed by atoms with van der Waals surface area (Å²) in [6.45, 7) is 6.53. The van der Waals surface area contributed by atoms with E-state index in [1.165, 1.54) is 0 Å². The maximum absolute atomic E-state index is 9.38. The van der Waals surface area contributed by atoms with Crippen LogP contribution in [0, 0.1) is 22.2 Å². The normalized spacial score (nSPS) is 22.0. The summed E-state index contributed by atoms with van der Waals surface area (Å²) in [4.78, 5) is 0. The summed E-state index contributed by atoms with van der Waals surface area (Å²) < 4.78 is 10.4. The maximum atomic E-state index is 9.38. The molecule has 3 heteroatoms. The third kappa shape index (κ3) is 4.65. The van der Waals surface area contributed by atoms with E-state index >= 15 is 0 Å². The van der Waals surface area contributed by atoms with Crippen LogP contribution in [-0.2, 0) is 9.47 Å². The zero-order chi connectivity index (χ0) is 12.8. The number of nitriles is 1. The van der Waals surface area contributed by atoms with Crippen molar-refractivity contribution in [2.24, 2.45) is 10.8 Å². The van der Waals surface area contributed by atoms with E-state index in [0.29, 0.717) is 25.2 Å². The molecular weight excluding hydrogens is 214 g/mol. The van der Waals surface area contributed by atoms with Crippen molar-refractivity contribution >= 4 is 0 Å². The zero-order valence-electron chi connectivity index (χ0n) is 11.4. The second-order valence-corrected chi connectivity index (χ2v) is 5.91. The fourth-order valence-corrected chi connectivity index (χ4v) is 2.33. The minimum atomic E-state index is -0.136. The zero-order valence-corrected chi connectivity index (χ0v) is 11.4. The van der Waals surface area contributed by atoms with Crippen LogP contribution < -0.4 is 0 Å². The molecule has 0 aromatic rings. The summed E-state index contributed by atoms with van der Waals surface area (Å²) in [6, 6.07) is 2.53. The Kier molecular flexibility index (Phi) is 5.42. The quantitative estimate of drug-likeness (QED) is 0.669. The van der Waals surface area contributed by atoms with Crippen LogP contribution >= 0.6 is 0 Å². The molecule has 0 bridgehead atoms. The Balaban J connectivity index is 2.31. The van der Waals surface area contributed by atoms with Gasteiger partial charge < -0.3 is 9.47 Å². The molecule has 3 nitrogen and oxygen atoms in total. The molecule has 0 spiro atoms. The summed E-state index contributed by atoms with van der Waals surface area (Å²) in [6.07, 6.45) is 5.20. The minimum absolute atomic E-state index is 0.136. The Bertz CT molecular complexity index is 258. The molecule has 0 saturated heterocycles. The lowest BCUT2D eigenvalue weighted by molar-refractivity contribution is 0.0447. The molecule has 98 valence electrons. The molecule has 0 unspecified atom stereocenters. The molecular formula is C14H25NO2. The van der Waals surface area contributed by atoms with Crippen LogP contribution in [0.25, 0.3) is 0 Å². The Morgan fingerprint density at radius 2 is 1.71 bits per heavy atom. The van der Waals surface area contributed by atoms with Crippen molar-refractivity contribution in [3.05, 3.63) is 0 Å². The molecule has 0 aromatic carbocycles. The van der Waals surface area contributed by atoms with E-state index in [2.05, 4.69) is 19.9 Å². The molecule has 0 aliphatic heterocycles. The van der Waals surface area contributed by atoms with Crippen molar-refractivity contribution in [3.63, 3.8) is 0 Å². The molecule has 1 aliphatic rings. The summed E-state index contributed by atoms with van der Waals surface area (Å²) >= 11 is 0. The minimum Gasteiger partial charge on any atom is -0.382 e. The van der Waals surface area contributed by atoms with Gasteiger partial charge in [-0.15, -0.1) is 0 Å². The van der Waals surface area contributed by atoms with Crippen molar-refractivity contribution in [1.29, 1.82) is 5.26 Å². The van der Waals surface area contributed by atoms with Crippen LogP contribution in [0.2, 0.25) is 0 Å². The van der Waals surface area contributed by atoms with Crippen LogP contribution in [-0.4, -0.2) is 26.9 Å². The van der Waals surface area contributed by atoms with Gasteiger partial charge in [-0.1, -0.05) is 13.8 Å². The summed E-state index contributed by atoms with van der Waals surface area (Å²) in [7, 11) is 1.67. The molecule has 1 rings (SSSR count). The Hall–Kier alpha value is -0.590. The van der Waals surface area contributed by atoms with Crippen LogP contribution in [0.4, 0.5) is 0 Å². The first-order valence-corrected chi connectivity index (χ1v) is 6.52. The van der Waals surface area contributed by atoms with Gasteiger partial charge in [0.2, 0.25) is 0 Å². The first-order chi connectivity index (χ1) is 8.04. The monoisotopic (exact) mass is 239 g/mol. The van der Waals surface area contributed by atoms with E-state index in [1.54, 1.807) is 7.11 Å². The standard InChI is InChI=1S/C14H25NO2/c1-13(2)4-6-14(12-15,7-5-13)8-9-17-11-10-16-3/h4-11H2,1-3H3. The van der Waals surface area contributed by atoms with E-state index in [1.807, 2.05) is 0 Å². The lowest BCUT2D eigenvalue weighted by Crippen LogP contribution is -2.31. The Morgan fingerprint density at radius 3 is 2.24 bits per heavy atom. The summed E-state index contributed by atoms with van der Waals surface area (Å²) in [5.74, 6) is 0. The Labute approximate surface area is 105 Å². The maximum Gasteiger partial charge on any atom is 0.0700 e. The van der Waals surface area contributed by atoms with Gasteiger partial charge in [-0.3, -0.25) is 0 Å². The van der Waals surface area contributed by atoms with Crippen molar-refractivity contribution in [1.82, 2.24) is 0 Å². The molecule has 0 heterocycles. The molecule has 0 aromatic heterocycles. The number of hydrogen-bond donors (Lipinski definition) is 0. The van der Waals surface area contributed by atoms with Gasteiger partial charge in [0, 0.05) is 13.7 Å². The van der Waals surface area contributed by atoms with Gasteiger partial charge in [0.1, 0.15) is 0 Å². The highest BCUT2D eigenvalue weighted by Gasteiger charge is 2.38. The fourth-order valence-electron chi connectivity index (χ4n) is 2.33. The largest absolute Gasteiger partial charge is 0.382 e. The Morgan fingerprint density at radius 1 is 1.06 bits per heavy atom. The first kappa shape index (κ1) is 14.5. The van der Waals surface area contributed by atoms with Gasteiger partial charge in [-0.05, 0) is 37.5 Å². The van der Waals surface area contributed by atoms with E-state index < -0.39 is 0 Å². The number of ether oxygens (including phenoxy) is 2. The third-order valence-corrected chi connectivity index (χ3v) is 3.95. The topological polar surface area (TPSA) is 42.2 Å². The van der Waals surface area contributed by atoms with Crippen molar-refractivity contribution in [3.8, 4) is 6.07 Å². The second kappa shape index (κ2) is 6.37. The van der Waals surface area contributed by atoms with Crippen LogP contribution in [0.1, 0.15) is 46.0 Å². The van der Waals surface area contributed by atoms with Crippen molar-refractivity contribution in [2.75, 3.05) is 26.9 Å². The van der Waals surface area contributed by atoms with E-state index in [4.69, 9.17) is 9.47 Å². The van der Waals surface area contributed by atoms with Crippen LogP contribution in [0.5, 0.6) is 0 Å². The molecule has 1 aliphatic carbocycles. The van der Waals surface area contributed by atoms with Gasteiger partial charge in [0.15, 0.2) is 0 Å². The number of methoxy groups -OCH3 is 1. The highest BCUT2D eigenvalue weighted by atomic mass is 16.5. The number of hydrogen-bond acceptors (Lipinski definition) is 3. The highest BCUT2D eigenvalue weighted by Crippen LogP contribution is 2.46. The molecule has 1 fully saturated rings. The summed E-state index contributed by atoms with van der Waals surface area (Å²) in [5.41, 5.74) is 0.278. The smallest absolute Gasteiger partial charge is 0.0700 e. The summed E-state index contributed by atoms with van der Waals surface area (Å²) in [5, 5.41) is 9.38. The highest BCUT2D eigenvalue weighted by molar-refractivity contribution is 5.02. The molecule has 0 amide bonds. The molecule has 0 N–H and O–H groups in total. The van der Waals surface area contributed by atoms with Crippen molar-refractivity contribution < 1.29 is 9.47 Å². The van der Waals surface area contributed by atoms with Gasteiger partial charge in [0.25, 0.3) is 0 Å². The average molecular weight is 239 g/mol. The molecule has 1 saturated carbocycles. The van der Waals surface area contributed by atoms with E-state index in [9.17, 15) is 5.26 Å². The van der Waals surface area contributed by atoms with Crippen molar-refractivity contribution in [2.45, 2.75) is 46.0 Å². The van der Waals surface area contributed by atoms with E-state index in [-0.39, 0.29) is 5.41 Å². The lowest BCUT2D eigenvalue weighted by atomic mass is 9.64. The van der Waals surface area contributed by atoms with Crippen LogP contribution in [0.15, 0.2) is 0 Å². The SMILES string of the molecule is COCCOCCC1(C#N)CCC(C)(C)CC1. The fraction of sp³-hybridized carbons (Fsp3) is 0.929. The predicted molar refractivity (Wildman–Crippen MR) is 67.6 cm³/mol. The van der Waals surface area contributed by atoms with Gasteiger partial charge in [0.05, 0.1) is 24.7 Å². The molecule has 0 atom stereocenters. The molecule has 0 radical (unpaired) electrons. The number of nitrogens with zero attached hydrogens (tertiary/aromatic N) is 1. The van der Waals surface area contributed by atoms with Crippen LogP contribution in [0.3, 0.4) is 0 Å². The molecule has 17 heavy (non-hydrogen) atoms. The average Bonchev–Trinajstić information content (AvgIpc) is 2.32.